The largest absolute Gasteiger partial charge is 0.368 e. The molecular formula is C21H25FN6. The van der Waals surface area contributed by atoms with E-state index in [2.05, 4.69) is 52.2 Å². The van der Waals surface area contributed by atoms with E-state index in [-0.39, 0.29) is 11.8 Å². The average Bonchev–Trinajstić information content (AvgIpc) is 3.15. The lowest BCUT2D eigenvalue weighted by atomic mass is 10.1. The van der Waals surface area contributed by atoms with E-state index in [9.17, 15) is 4.39 Å². The number of likely N-dealkylation sites (tertiary alicyclic amines) is 1. The molecule has 4 rings (SSSR count). The van der Waals surface area contributed by atoms with Crippen LogP contribution in [-0.4, -0.2) is 36.2 Å². The molecule has 0 radical (unpaired) electrons. The quantitative estimate of drug-likeness (QED) is 0.856. The van der Waals surface area contributed by atoms with E-state index in [0.717, 1.165) is 42.7 Å². The summed E-state index contributed by atoms with van der Waals surface area (Å²) in [6, 6.07) is 12.7. The molecule has 0 aliphatic carbocycles. The molecule has 7 heteroatoms. The first kappa shape index (κ1) is 18.3. The van der Waals surface area contributed by atoms with Gasteiger partial charge in [-0.05, 0) is 68.1 Å². The summed E-state index contributed by atoms with van der Waals surface area (Å²) in [4.78, 5) is 13.1. The standard InChI is InChI=1S/C21H25FN6/c1-14-10-15(2)12-17(11-14)24-20-25-19(23)26-21(27-8-3-4-9-27)28(20)18-7-5-6-16(22)13-18/h5-7,10-13,20,24H,3-4,8-9H2,1-2H3,(H2,23,25). The summed E-state index contributed by atoms with van der Waals surface area (Å²) in [6.45, 7) is 5.90. The molecule has 2 aromatic rings. The zero-order valence-electron chi connectivity index (χ0n) is 16.2. The Kier molecular flexibility index (Phi) is 4.90. The van der Waals surface area contributed by atoms with Crippen molar-refractivity contribution in [3.05, 3.63) is 59.4 Å². The highest BCUT2D eigenvalue weighted by Crippen LogP contribution is 2.26. The smallest absolute Gasteiger partial charge is 0.222 e. The molecule has 0 bridgehead atoms. The van der Waals surface area contributed by atoms with Crippen molar-refractivity contribution in [1.29, 1.82) is 0 Å². The number of nitrogens with zero attached hydrogens (tertiary/aromatic N) is 4. The predicted molar refractivity (Wildman–Crippen MR) is 112 cm³/mol. The highest BCUT2D eigenvalue weighted by Gasteiger charge is 2.32. The lowest BCUT2D eigenvalue weighted by Crippen LogP contribution is -2.54. The fourth-order valence-corrected chi connectivity index (χ4v) is 3.80. The van der Waals surface area contributed by atoms with Crippen LogP contribution in [0.15, 0.2) is 52.4 Å². The van der Waals surface area contributed by atoms with Gasteiger partial charge in [-0.15, -0.1) is 0 Å². The Balaban J connectivity index is 1.74. The second kappa shape index (κ2) is 7.50. The third-order valence-electron chi connectivity index (χ3n) is 4.92. The third kappa shape index (κ3) is 3.78. The van der Waals surface area contributed by atoms with Crippen molar-refractivity contribution < 1.29 is 4.39 Å². The number of halogens is 1. The average molecular weight is 380 g/mol. The number of nitrogens with two attached hydrogens (primary N) is 1. The molecule has 1 unspecified atom stereocenters. The molecule has 28 heavy (non-hydrogen) atoms. The molecule has 146 valence electrons. The minimum absolute atomic E-state index is 0.219. The van der Waals surface area contributed by atoms with Crippen molar-refractivity contribution in [3.8, 4) is 0 Å². The molecule has 0 amide bonds. The van der Waals surface area contributed by atoms with Crippen LogP contribution in [0.5, 0.6) is 0 Å². The summed E-state index contributed by atoms with van der Waals surface area (Å²) in [5.74, 6) is 0.625. The molecule has 1 fully saturated rings. The number of aliphatic imine (C=N–C) groups is 2. The van der Waals surface area contributed by atoms with Crippen LogP contribution in [0, 0.1) is 19.7 Å². The van der Waals surface area contributed by atoms with Gasteiger partial charge in [-0.25, -0.2) is 9.38 Å². The molecule has 1 atom stereocenters. The molecular weight excluding hydrogens is 355 g/mol. The zero-order valence-corrected chi connectivity index (χ0v) is 16.2. The molecule has 1 saturated heterocycles. The summed E-state index contributed by atoms with van der Waals surface area (Å²) >= 11 is 0. The van der Waals surface area contributed by atoms with Crippen molar-refractivity contribution in [2.24, 2.45) is 15.7 Å². The van der Waals surface area contributed by atoms with Crippen molar-refractivity contribution in [3.63, 3.8) is 0 Å². The zero-order chi connectivity index (χ0) is 19.7. The SMILES string of the molecule is Cc1cc(C)cc(NC2N=C(N)N=C(N3CCCC3)N2c2cccc(F)c2)c1. The molecule has 0 aromatic heterocycles. The van der Waals surface area contributed by atoms with Gasteiger partial charge in [0.2, 0.25) is 18.2 Å². The van der Waals surface area contributed by atoms with E-state index in [1.165, 1.54) is 12.1 Å². The molecule has 0 saturated carbocycles. The predicted octanol–water partition coefficient (Wildman–Crippen LogP) is 3.42. The normalized spacial score (nSPS) is 19.5. The van der Waals surface area contributed by atoms with Crippen molar-refractivity contribution in [1.82, 2.24) is 4.90 Å². The fraction of sp³-hybridized carbons (Fsp3) is 0.333. The minimum atomic E-state index is -0.518. The summed E-state index contributed by atoms with van der Waals surface area (Å²) in [7, 11) is 0. The van der Waals surface area contributed by atoms with Crippen LogP contribution >= 0.6 is 0 Å². The third-order valence-corrected chi connectivity index (χ3v) is 4.92. The maximum atomic E-state index is 14.0. The Hall–Kier alpha value is -3.09. The van der Waals surface area contributed by atoms with Gasteiger partial charge in [-0.1, -0.05) is 12.1 Å². The highest BCUT2D eigenvalue weighted by atomic mass is 19.1. The van der Waals surface area contributed by atoms with E-state index in [1.54, 1.807) is 6.07 Å². The van der Waals surface area contributed by atoms with Crippen LogP contribution in [0.2, 0.25) is 0 Å². The van der Waals surface area contributed by atoms with Crippen molar-refractivity contribution >= 4 is 23.3 Å². The number of nitrogens with one attached hydrogen (secondary N) is 1. The first-order valence-electron chi connectivity index (χ1n) is 9.56. The van der Waals surface area contributed by atoms with E-state index >= 15 is 0 Å². The molecule has 3 N–H and O–H groups in total. The first-order valence-corrected chi connectivity index (χ1v) is 9.56. The van der Waals surface area contributed by atoms with Crippen LogP contribution in [0.1, 0.15) is 24.0 Å². The number of hydrogen-bond acceptors (Lipinski definition) is 6. The Morgan fingerprint density at radius 1 is 1.07 bits per heavy atom. The van der Waals surface area contributed by atoms with Crippen LogP contribution in [0.25, 0.3) is 0 Å². The van der Waals surface area contributed by atoms with Crippen LogP contribution < -0.4 is 16.0 Å². The Morgan fingerprint density at radius 3 is 2.46 bits per heavy atom. The van der Waals surface area contributed by atoms with Crippen LogP contribution in [0.3, 0.4) is 0 Å². The molecule has 2 aromatic carbocycles. The van der Waals surface area contributed by atoms with Gasteiger partial charge in [0.05, 0.1) is 5.69 Å². The Bertz CT molecular complexity index is 912. The number of anilines is 2. The summed E-state index contributed by atoms with van der Waals surface area (Å²) in [5, 5.41) is 3.44. The van der Waals surface area contributed by atoms with Gasteiger partial charge in [0.15, 0.2) is 0 Å². The molecule has 2 heterocycles. The number of rotatable bonds is 3. The highest BCUT2D eigenvalue weighted by molar-refractivity contribution is 6.06. The van der Waals surface area contributed by atoms with E-state index in [4.69, 9.17) is 5.73 Å². The first-order chi connectivity index (χ1) is 13.5. The molecule has 2 aliphatic heterocycles. The maximum absolute atomic E-state index is 14.0. The molecule has 6 nitrogen and oxygen atoms in total. The topological polar surface area (TPSA) is 69.2 Å². The second-order valence-corrected chi connectivity index (χ2v) is 7.34. The van der Waals surface area contributed by atoms with E-state index < -0.39 is 6.29 Å². The molecule has 0 spiro atoms. The minimum Gasteiger partial charge on any atom is -0.368 e. The monoisotopic (exact) mass is 380 g/mol. The van der Waals surface area contributed by atoms with Gasteiger partial charge >= 0.3 is 0 Å². The summed E-state index contributed by atoms with van der Waals surface area (Å²) < 4.78 is 14.0. The van der Waals surface area contributed by atoms with Crippen LogP contribution in [0.4, 0.5) is 15.8 Å². The van der Waals surface area contributed by atoms with Gasteiger partial charge in [0.25, 0.3) is 0 Å². The lowest BCUT2D eigenvalue weighted by Gasteiger charge is -2.38. The van der Waals surface area contributed by atoms with Gasteiger partial charge in [0.1, 0.15) is 5.82 Å². The maximum Gasteiger partial charge on any atom is 0.222 e. The number of aryl methyl sites for hydroxylation is 2. The second-order valence-electron chi connectivity index (χ2n) is 7.34. The summed E-state index contributed by atoms with van der Waals surface area (Å²) in [6.07, 6.45) is 1.68. The van der Waals surface area contributed by atoms with Gasteiger partial charge in [-0.3, -0.25) is 4.90 Å². The van der Waals surface area contributed by atoms with Crippen molar-refractivity contribution in [2.75, 3.05) is 23.3 Å². The van der Waals surface area contributed by atoms with Crippen LogP contribution in [-0.2, 0) is 0 Å². The molecule has 2 aliphatic rings. The number of guanidine groups is 2. The summed E-state index contributed by atoms with van der Waals surface area (Å²) in [5.41, 5.74) is 9.99. The Labute approximate surface area is 164 Å². The van der Waals surface area contributed by atoms with Gasteiger partial charge in [-0.2, -0.15) is 4.99 Å². The van der Waals surface area contributed by atoms with Crippen molar-refractivity contribution in [2.45, 2.75) is 33.0 Å². The van der Waals surface area contributed by atoms with Gasteiger partial charge in [0, 0.05) is 18.8 Å². The fourth-order valence-electron chi connectivity index (χ4n) is 3.80. The number of benzene rings is 2. The Morgan fingerprint density at radius 2 is 1.79 bits per heavy atom. The number of hydrogen-bond donors (Lipinski definition) is 2. The van der Waals surface area contributed by atoms with E-state index in [1.807, 2.05) is 11.0 Å². The van der Waals surface area contributed by atoms with E-state index in [0.29, 0.717) is 11.6 Å². The lowest BCUT2D eigenvalue weighted by molar-refractivity contribution is 0.497. The van der Waals surface area contributed by atoms with Gasteiger partial charge < -0.3 is 16.0 Å².